The molecule has 106 valence electrons. The van der Waals surface area contributed by atoms with Gasteiger partial charge in [0.05, 0.1) is 5.56 Å². The van der Waals surface area contributed by atoms with Gasteiger partial charge in [-0.3, -0.25) is 4.79 Å². The molecule has 0 spiro atoms. The molecule has 0 aliphatic heterocycles. The SMILES string of the molecule is COCCCNc1cccc(F)c1-c1ccc(C=O)o1. The van der Waals surface area contributed by atoms with Crippen LogP contribution in [0.5, 0.6) is 0 Å². The molecule has 5 heteroatoms. The number of anilines is 1. The van der Waals surface area contributed by atoms with Gasteiger partial charge in [0, 0.05) is 25.9 Å². The second kappa shape index (κ2) is 6.86. The second-order valence-corrected chi connectivity index (χ2v) is 4.26. The predicted molar refractivity (Wildman–Crippen MR) is 74.5 cm³/mol. The van der Waals surface area contributed by atoms with E-state index in [0.29, 0.717) is 36.4 Å². The van der Waals surface area contributed by atoms with Crippen molar-refractivity contribution in [2.75, 3.05) is 25.6 Å². The van der Waals surface area contributed by atoms with Crippen LogP contribution in [0.1, 0.15) is 17.0 Å². The van der Waals surface area contributed by atoms with Crippen LogP contribution in [-0.2, 0) is 4.74 Å². The summed E-state index contributed by atoms with van der Waals surface area (Å²) >= 11 is 0. The summed E-state index contributed by atoms with van der Waals surface area (Å²) in [5.74, 6) is 0.113. The van der Waals surface area contributed by atoms with Crippen molar-refractivity contribution in [3.63, 3.8) is 0 Å². The first-order chi connectivity index (χ1) is 9.76. The maximum Gasteiger partial charge on any atom is 0.185 e. The molecule has 4 nitrogen and oxygen atoms in total. The Bertz CT molecular complexity index is 580. The molecule has 0 radical (unpaired) electrons. The van der Waals surface area contributed by atoms with Crippen LogP contribution in [0.25, 0.3) is 11.3 Å². The molecule has 0 bridgehead atoms. The van der Waals surface area contributed by atoms with E-state index in [-0.39, 0.29) is 5.76 Å². The van der Waals surface area contributed by atoms with E-state index in [2.05, 4.69) is 5.32 Å². The third kappa shape index (κ3) is 3.24. The van der Waals surface area contributed by atoms with E-state index in [1.807, 2.05) is 0 Å². The van der Waals surface area contributed by atoms with E-state index in [1.54, 1.807) is 25.3 Å². The number of rotatable bonds is 7. The highest BCUT2D eigenvalue weighted by atomic mass is 19.1. The molecule has 1 heterocycles. The van der Waals surface area contributed by atoms with Gasteiger partial charge in [-0.25, -0.2) is 4.39 Å². The lowest BCUT2D eigenvalue weighted by Crippen LogP contribution is -2.06. The number of nitrogens with one attached hydrogen (secondary N) is 1. The Morgan fingerprint density at radius 2 is 2.20 bits per heavy atom. The summed E-state index contributed by atoms with van der Waals surface area (Å²) < 4.78 is 24.3. The molecular weight excluding hydrogens is 261 g/mol. The fraction of sp³-hybridized carbons (Fsp3) is 0.267. The Morgan fingerprint density at radius 1 is 1.35 bits per heavy atom. The number of carbonyl (C=O) groups is 1. The molecule has 2 aromatic rings. The number of benzene rings is 1. The molecule has 2 rings (SSSR count). The summed E-state index contributed by atoms with van der Waals surface area (Å²) in [6.07, 6.45) is 1.40. The lowest BCUT2D eigenvalue weighted by atomic mass is 10.1. The average Bonchev–Trinajstić information content (AvgIpc) is 2.92. The molecule has 0 saturated carbocycles. The van der Waals surface area contributed by atoms with Crippen molar-refractivity contribution >= 4 is 12.0 Å². The number of halogens is 1. The molecular formula is C15H16FNO3. The Hall–Kier alpha value is -2.14. The zero-order chi connectivity index (χ0) is 14.4. The molecule has 0 amide bonds. The topological polar surface area (TPSA) is 51.5 Å². The number of hydrogen-bond acceptors (Lipinski definition) is 4. The van der Waals surface area contributed by atoms with Crippen molar-refractivity contribution in [1.82, 2.24) is 0 Å². The molecule has 0 fully saturated rings. The fourth-order valence-electron chi connectivity index (χ4n) is 1.91. The lowest BCUT2D eigenvalue weighted by Gasteiger charge is -2.11. The molecule has 0 atom stereocenters. The van der Waals surface area contributed by atoms with Crippen LogP contribution in [0, 0.1) is 5.82 Å². The predicted octanol–water partition coefficient (Wildman–Crippen LogP) is 3.35. The van der Waals surface area contributed by atoms with Gasteiger partial charge in [-0.1, -0.05) is 6.07 Å². The largest absolute Gasteiger partial charge is 0.453 e. The van der Waals surface area contributed by atoms with Gasteiger partial charge in [-0.2, -0.15) is 0 Å². The van der Waals surface area contributed by atoms with Gasteiger partial charge in [0.25, 0.3) is 0 Å². The summed E-state index contributed by atoms with van der Waals surface area (Å²) in [7, 11) is 1.64. The van der Waals surface area contributed by atoms with Crippen molar-refractivity contribution in [3.8, 4) is 11.3 Å². The molecule has 1 N–H and O–H groups in total. The highest BCUT2D eigenvalue weighted by Gasteiger charge is 2.14. The summed E-state index contributed by atoms with van der Waals surface area (Å²) in [6, 6.07) is 7.86. The van der Waals surface area contributed by atoms with E-state index >= 15 is 0 Å². The Kier molecular flexibility index (Phi) is 4.90. The average molecular weight is 277 g/mol. The Balaban J connectivity index is 2.24. The molecule has 1 aromatic carbocycles. The van der Waals surface area contributed by atoms with E-state index in [0.717, 1.165) is 6.42 Å². The van der Waals surface area contributed by atoms with Crippen LogP contribution >= 0.6 is 0 Å². The standard InChI is InChI=1S/C15H16FNO3/c1-19-9-3-8-17-13-5-2-4-12(16)15(13)14-7-6-11(10-18)20-14/h2,4-7,10,17H,3,8-9H2,1H3. The zero-order valence-corrected chi connectivity index (χ0v) is 11.2. The summed E-state index contributed by atoms with van der Waals surface area (Å²) in [4.78, 5) is 10.6. The van der Waals surface area contributed by atoms with Crippen LogP contribution in [0.2, 0.25) is 0 Å². The summed E-state index contributed by atoms with van der Waals surface area (Å²) in [6.45, 7) is 1.29. The smallest absolute Gasteiger partial charge is 0.185 e. The molecule has 1 aromatic heterocycles. The summed E-state index contributed by atoms with van der Waals surface area (Å²) in [5, 5.41) is 3.15. The van der Waals surface area contributed by atoms with Crippen molar-refractivity contribution in [3.05, 3.63) is 41.9 Å². The quantitative estimate of drug-likeness (QED) is 0.623. The number of ether oxygens (including phenoxy) is 1. The molecule has 20 heavy (non-hydrogen) atoms. The zero-order valence-electron chi connectivity index (χ0n) is 11.2. The second-order valence-electron chi connectivity index (χ2n) is 4.26. The van der Waals surface area contributed by atoms with Gasteiger partial charge in [0.1, 0.15) is 11.6 Å². The Labute approximate surface area is 116 Å². The number of furan rings is 1. The van der Waals surface area contributed by atoms with E-state index < -0.39 is 5.82 Å². The first-order valence-corrected chi connectivity index (χ1v) is 6.33. The number of carbonyl (C=O) groups excluding carboxylic acids is 1. The van der Waals surface area contributed by atoms with Crippen molar-refractivity contribution in [1.29, 1.82) is 0 Å². The lowest BCUT2D eigenvalue weighted by molar-refractivity contribution is 0.110. The van der Waals surface area contributed by atoms with Gasteiger partial charge in [0.2, 0.25) is 0 Å². The van der Waals surface area contributed by atoms with Gasteiger partial charge in [0.15, 0.2) is 12.0 Å². The van der Waals surface area contributed by atoms with Crippen molar-refractivity contribution in [2.24, 2.45) is 0 Å². The highest BCUT2D eigenvalue weighted by Crippen LogP contribution is 2.31. The van der Waals surface area contributed by atoms with Crippen molar-refractivity contribution in [2.45, 2.75) is 6.42 Å². The monoisotopic (exact) mass is 277 g/mol. The number of methoxy groups -OCH3 is 1. The van der Waals surface area contributed by atoms with Crippen LogP contribution < -0.4 is 5.32 Å². The molecule has 0 unspecified atom stereocenters. The van der Waals surface area contributed by atoms with Gasteiger partial charge in [-0.15, -0.1) is 0 Å². The van der Waals surface area contributed by atoms with Crippen LogP contribution in [-0.4, -0.2) is 26.5 Å². The van der Waals surface area contributed by atoms with E-state index in [4.69, 9.17) is 9.15 Å². The minimum Gasteiger partial charge on any atom is -0.453 e. The number of aldehydes is 1. The minimum absolute atomic E-state index is 0.175. The maximum atomic E-state index is 14.0. The van der Waals surface area contributed by atoms with Crippen molar-refractivity contribution < 1.29 is 18.3 Å². The van der Waals surface area contributed by atoms with Crippen LogP contribution in [0.15, 0.2) is 34.7 Å². The van der Waals surface area contributed by atoms with E-state index in [1.165, 1.54) is 12.1 Å². The first-order valence-electron chi connectivity index (χ1n) is 6.33. The van der Waals surface area contributed by atoms with Gasteiger partial charge in [-0.05, 0) is 30.7 Å². The molecule has 0 aliphatic rings. The minimum atomic E-state index is -0.395. The maximum absolute atomic E-state index is 14.0. The van der Waals surface area contributed by atoms with Gasteiger partial charge >= 0.3 is 0 Å². The summed E-state index contributed by atoms with van der Waals surface area (Å²) in [5.41, 5.74) is 0.964. The molecule has 0 saturated heterocycles. The number of hydrogen-bond donors (Lipinski definition) is 1. The van der Waals surface area contributed by atoms with Gasteiger partial charge < -0.3 is 14.5 Å². The normalized spacial score (nSPS) is 10.5. The van der Waals surface area contributed by atoms with Crippen LogP contribution in [0.3, 0.4) is 0 Å². The van der Waals surface area contributed by atoms with Crippen LogP contribution in [0.4, 0.5) is 10.1 Å². The third-order valence-electron chi connectivity index (χ3n) is 2.84. The third-order valence-corrected chi connectivity index (χ3v) is 2.84. The highest BCUT2D eigenvalue weighted by molar-refractivity contribution is 5.78. The Morgan fingerprint density at radius 3 is 2.90 bits per heavy atom. The first kappa shape index (κ1) is 14.3. The fourth-order valence-corrected chi connectivity index (χ4v) is 1.91. The molecule has 0 aliphatic carbocycles. The van der Waals surface area contributed by atoms with E-state index in [9.17, 15) is 9.18 Å².